The molecule has 1 saturated carbocycles. The lowest BCUT2D eigenvalue weighted by Gasteiger charge is -2.14. The Hall–Kier alpha value is -2.91. The Balaban J connectivity index is 1.64. The van der Waals surface area contributed by atoms with Crippen LogP contribution in [-0.2, 0) is 6.18 Å². The number of aromatic amines is 1. The summed E-state index contributed by atoms with van der Waals surface area (Å²) in [6.07, 6.45) is -2.04. The van der Waals surface area contributed by atoms with Crippen LogP contribution >= 0.6 is 0 Å². The van der Waals surface area contributed by atoms with Crippen molar-refractivity contribution in [3.05, 3.63) is 30.0 Å². The van der Waals surface area contributed by atoms with Gasteiger partial charge in [-0.15, -0.1) is 0 Å². The average Bonchev–Trinajstić information content (AvgIpc) is 3.21. The van der Waals surface area contributed by atoms with Crippen LogP contribution in [0.3, 0.4) is 0 Å². The molecule has 0 unspecified atom stereocenters. The first-order valence-corrected chi connectivity index (χ1v) is 7.27. The zero-order valence-corrected chi connectivity index (χ0v) is 12.2. The van der Waals surface area contributed by atoms with Crippen LogP contribution in [-0.4, -0.2) is 31.4 Å². The van der Waals surface area contributed by atoms with Crippen molar-refractivity contribution >= 4 is 28.5 Å². The molecule has 0 spiro atoms. The molecule has 2 aromatic heterocycles. The van der Waals surface area contributed by atoms with Gasteiger partial charge < -0.3 is 10.6 Å². The molecule has 10 heteroatoms. The largest absolute Gasteiger partial charge is 0.421 e. The number of aromatic nitrogens is 5. The SMILES string of the molecule is FC(F)(F)c1cnc(Nc2ccc3n[nH]nc3c2)nc1NC1CC1. The number of hydrogen-bond acceptors (Lipinski definition) is 6. The van der Waals surface area contributed by atoms with Crippen molar-refractivity contribution in [3.63, 3.8) is 0 Å². The van der Waals surface area contributed by atoms with E-state index in [2.05, 4.69) is 36.0 Å². The number of halogens is 3. The molecule has 24 heavy (non-hydrogen) atoms. The highest BCUT2D eigenvalue weighted by molar-refractivity contribution is 5.78. The van der Waals surface area contributed by atoms with Crippen LogP contribution in [0, 0.1) is 0 Å². The summed E-state index contributed by atoms with van der Waals surface area (Å²) in [7, 11) is 0. The van der Waals surface area contributed by atoms with Crippen molar-refractivity contribution < 1.29 is 13.2 Å². The van der Waals surface area contributed by atoms with Gasteiger partial charge in [-0.2, -0.15) is 33.6 Å². The first-order valence-electron chi connectivity index (χ1n) is 7.27. The van der Waals surface area contributed by atoms with Crippen LogP contribution in [0.1, 0.15) is 18.4 Å². The molecule has 3 aromatic rings. The molecule has 1 fully saturated rings. The van der Waals surface area contributed by atoms with E-state index in [-0.39, 0.29) is 17.8 Å². The van der Waals surface area contributed by atoms with E-state index in [1.54, 1.807) is 18.2 Å². The molecule has 0 atom stereocenters. The number of rotatable bonds is 4. The van der Waals surface area contributed by atoms with Crippen LogP contribution in [0.5, 0.6) is 0 Å². The van der Waals surface area contributed by atoms with Gasteiger partial charge >= 0.3 is 6.18 Å². The van der Waals surface area contributed by atoms with Gasteiger partial charge in [0.2, 0.25) is 5.95 Å². The molecule has 2 heterocycles. The summed E-state index contributed by atoms with van der Waals surface area (Å²) in [6, 6.07) is 5.20. The van der Waals surface area contributed by atoms with Gasteiger partial charge in [-0.1, -0.05) is 0 Å². The fourth-order valence-electron chi connectivity index (χ4n) is 2.23. The Morgan fingerprint density at radius 1 is 1.12 bits per heavy atom. The maximum Gasteiger partial charge on any atom is 0.421 e. The highest BCUT2D eigenvalue weighted by atomic mass is 19.4. The summed E-state index contributed by atoms with van der Waals surface area (Å²) < 4.78 is 39.2. The second-order valence-corrected chi connectivity index (χ2v) is 5.52. The molecule has 1 aromatic carbocycles. The monoisotopic (exact) mass is 335 g/mol. The summed E-state index contributed by atoms with van der Waals surface area (Å²) in [5.74, 6) is -0.126. The van der Waals surface area contributed by atoms with Crippen molar-refractivity contribution in [2.45, 2.75) is 25.1 Å². The van der Waals surface area contributed by atoms with Crippen LogP contribution in [0.4, 0.5) is 30.6 Å². The van der Waals surface area contributed by atoms with E-state index >= 15 is 0 Å². The molecule has 0 aliphatic heterocycles. The Bertz CT molecular complexity index is 885. The van der Waals surface area contributed by atoms with Crippen LogP contribution in [0.25, 0.3) is 11.0 Å². The van der Waals surface area contributed by atoms with Gasteiger partial charge in [0, 0.05) is 17.9 Å². The molecule has 4 rings (SSSR count). The predicted octanol–water partition coefficient (Wildman–Crippen LogP) is 3.08. The van der Waals surface area contributed by atoms with Gasteiger partial charge in [0.05, 0.1) is 0 Å². The summed E-state index contributed by atoms with van der Waals surface area (Å²) >= 11 is 0. The lowest BCUT2D eigenvalue weighted by Crippen LogP contribution is -2.15. The third-order valence-corrected chi connectivity index (χ3v) is 3.58. The normalized spacial score (nSPS) is 14.8. The van der Waals surface area contributed by atoms with Crippen molar-refractivity contribution in [1.29, 1.82) is 0 Å². The van der Waals surface area contributed by atoms with E-state index in [4.69, 9.17) is 0 Å². The molecule has 1 aliphatic rings. The number of alkyl halides is 3. The molecular weight excluding hydrogens is 323 g/mol. The number of fused-ring (bicyclic) bond motifs is 1. The smallest absolute Gasteiger partial charge is 0.367 e. The Kier molecular flexibility index (Phi) is 3.25. The molecule has 3 N–H and O–H groups in total. The lowest BCUT2D eigenvalue weighted by molar-refractivity contribution is -0.137. The Labute approximate surface area is 133 Å². The molecule has 0 bridgehead atoms. The minimum absolute atomic E-state index is 0.0420. The van der Waals surface area contributed by atoms with E-state index < -0.39 is 11.7 Å². The quantitative estimate of drug-likeness (QED) is 0.679. The molecule has 1 aliphatic carbocycles. The number of benzene rings is 1. The van der Waals surface area contributed by atoms with Crippen LogP contribution < -0.4 is 10.6 Å². The molecular formula is C14H12F3N7. The first-order chi connectivity index (χ1) is 11.5. The third kappa shape index (κ3) is 2.94. The van der Waals surface area contributed by atoms with Crippen molar-refractivity contribution in [3.8, 4) is 0 Å². The second-order valence-electron chi connectivity index (χ2n) is 5.52. The minimum Gasteiger partial charge on any atom is -0.367 e. The van der Waals surface area contributed by atoms with Gasteiger partial charge in [-0.05, 0) is 31.0 Å². The van der Waals surface area contributed by atoms with Crippen molar-refractivity contribution in [2.75, 3.05) is 10.6 Å². The molecule has 0 radical (unpaired) electrons. The van der Waals surface area contributed by atoms with E-state index in [0.29, 0.717) is 16.7 Å². The molecule has 0 amide bonds. The van der Waals surface area contributed by atoms with E-state index in [0.717, 1.165) is 19.0 Å². The zero-order valence-electron chi connectivity index (χ0n) is 12.2. The second kappa shape index (κ2) is 5.32. The van der Waals surface area contributed by atoms with Gasteiger partial charge in [-0.3, -0.25) is 0 Å². The summed E-state index contributed by atoms with van der Waals surface area (Å²) in [6.45, 7) is 0. The zero-order chi connectivity index (χ0) is 16.7. The summed E-state index contributed by atoms with van der Waals surface area (Å²) in [4.78, 5) is 7.76. The summed E-state index contributed by atoms with van der Waals surface area (Å²) in [5, 5.41) is 16.1. The molecule has 124 valence electrons. The number of nitrogens with zero attached hydrogens (tertiary/aromatic N) is 4. The number of nitrogens with one attached hydrogen (secondary N) is 3. The summed E-state index contributed by atoms with van der Waals surface area (Å²) in [5.41, 5.74) is 1.05. The average molecular weight is 335 g/mol. The van der Waals surface area contributed by atoms with E-state index in [1.165, 1.54) is 0 Å². The highest BCUT2D eigenvalue weighted by Crippen LogP contribution is 2.36. The van der Waals surface area contributed by atoms with E-state index in [1.807, 2.05) is 0 Å². The maximum absolute atomic E-state index is 13.1. The minimum atomic E-state index is -4.50. The van der Waals surface area contributed by atoms with Gasteiger partial charge in [0.15, 0.2) is 0 Å². The molecule has 0 saturated heterocycles. The van der Waals surface area contributed by atoms with Crippen molar-refractivity contribution in [1.82, 2.24) is 25.4 Å². The van der Waals surface area contributed by atoms with Gasteiger partial charge in [0.25, 0.3) is 0 Å². The Morgan fingerprint density at radius 2 is 1.92 bits per heavy atom. The third-order valence-electron chi connectivity index (χ3n) is 3.58. The van der Waals surface area contributed by atoms with Gasteiger partial charge in [-0.25, -0.2) is 4.98 Å². The maximum atomic E-state index is 13.1. The molecule has 7 nitrogen and oxygen atoms in total. The first kappa shape index (κ1) is 14.7. The fourth-order valence-corrected chi connectivity index (χ4v) is 2.23. The number of anilines is 3. The number of H-pyrrole nitrogens is 1. The predicted molar refractivity (Wildman–Crippen MR) is 80.9 cm³/mol. The van der Waals surface area contributed by atoms with Crippen LogP contribution in [0.15, 0.2) is 24.4 Å². The van der Waals surface area contributed by atoms with Crippen molar-refractivity contribution in [2.24, 2.45) is 0 Å². The van der Waals surface area contributed by atoms with E-state index in [9.17, 15) is 13.2 Å². The van der Waals surface area contributed by atoms with Gasteiger partial charge in [0.1, 0.15) is 22.4 Å². The number of hydrogen-bond donors (Lipinski definition) is 3. The Morgan fingerprint density at radius 3 is 2.67 bits per heavy atom. The van der Waals surface area contributed by atoms with Crippen LogP contribution in [0.2, 0.25) is 0 Å². The standard InChI is InChI=1S/C14H12F3N7/c15-14(16,17)9-6-18-13(21-12(9)19-7-1-2-7)20-8-3-4-10-11(5-8)23-24-22-10/h3-7H,1-2H2,(H,22,23,24)(H2,18,19,20,21). The fraction of sp³-hybridized carbons (Fsp3) is 0.286. The highest BCUT2D eigenvalue weighted by Gasteiger charge is 2.36. The topological polar surface area (TPSA) is 91.4 Å². The lowest BCUT2D eigenvalue weighted by atomic mass is 10.2.